The summed E-state index contributed by atoms with van der Waals surface area (Å²) >= 11 is 9.60. The van der Waals surface area contributed by atoms with E-state index in [4.69, 9.17) is 11.6 Å². The van der Waals surface area contributed by atoms with Crippen molar-refractivity contribution in [3.8, 4) is 0 Å². The summed E-state index contributed by atoms with van der Waals surface area (Å²) in [5.41, 5.74) is 0.920. The van der Waals surface area contributed by atoms with Crippen LogP contribution >= 0.6 is 27.5 Å². The van der Waals surface area contributed by atoms with Gasteiger partial charge in [0.15, 0.2) is 0 Å². The molecule has 1 aliphatic heterocycles. The highest BCUT2D eigenvalue weighted by atomic mass is 79.9. The fourth-order valence-corrected chi connectivity index (χ4v) is 3.27. The monoisotopic (exact) mass is 329 g/mol. The predicted molar refractivity (Wildman–Crippen MR) is 78.3 cm³/mol. The molecule has 1 heterocycles. The van der Waals surface area contributed by atoms with E-state index in [0.717, 1.165) is 30.3 Å². The zero-order valence-corrected chi connectivity index (χ0v) is 12.6. The van der Waals surface area contributed by atoms with Gasteiger partial charge in [-0.3, -0.25) is 4.79 Å². The molecule has 1 fully saturated rings. The summed E-state index contributed by atoms with van der Waals surface area (Å²) in [5.74, 6) is 0.187. The number of piperidine rings is 1. The zero-order valence-electron chi connectivity index (χ0n) is 10.2. The van der Waals surface area contributed by atoms with E-state index in [-0.39, 0.29) is 5.91 Å². The first-order valence-corrected chi connectivity index (χ1v) is 7.81. The standard InChI is InChI=1S/C14H17BrClNO/c15-10-12-6-3-4-8-17(12)14(18)9-11-5-1-2-7-13(11)16/h1-2,5,7,12H,3-4,6,8-10H2. The highest BCUT2D eigenvalue weighted by Gasteiger charge is 2.25. The van der Waals surface area contributed by atoms with Crippen molar-refractivity contribution in [2.75, 3.05) is 11.9 Å². The number of carbonyl (C=O) groups is 1. The second-order valence-corrected chi connectivity index (χ2v) is 5.71. The zero-order chi connectivity index (χ0) is 13.0. The third kappa shape index (κ3) is 3.27. The Bertz CT molecular complexity index is 424. The molecule has 0 aliphatic carbocycles. The topological polar surface area (TPSA) is 20.3 Å². The fraction of sp³-hybridized carbons (Fsp3) is 0.500. The minimum atomic E-state index is 0.187. The SMILES string of the molecule is O=C(Cc1ccccc1Cl)N1CCCCC1CBr. The Morgan fingerprint density at radius 3 is 2.89 bits per heavy atom. The van der Waals surface area contributed by atoms with E-state index in [1.165, 1.54) is 6.42 Å². The van der Waals surface area contributed by atoms with Crippen LogP contribution in [0.5, 0.6) is 0 Å². The molecule has 1 aromatic carbocycles. The first-order chi connectivity index (χ1) is 8.72. The van der Waals surface area contributed by atoms with Crippen molar-refractivity contribution >= 4 is 33.4 Å². The highest BCUT2D eigenvalue weighted by molar-refractivity contribution is 9.09. The van der Waals surface area contributed by atoms with Crippen LogP contribution in [0.1, 0.15) is 24.8 Å². The predicted octanol–water partition coefficient (Wildman–Crippen LogP) is 3.66. The number of alkyl halides is 1. The van der Waals surface area contributed by atoms with Crippen molar-refractivity contribution in [2.45, 2.75) is 31.7 Å². The first kappa shape index (κ1) is 13.9. The van der Waals surface area contributed by atoms with Crippen LogP contribution in [0.4, 0.5) is 0 Å². The van der Waals surface area contributed by atoms with Crippen molar-refractivity contribution < 1.29 is 4.79 Å². The quantitative estimate of drug-likeness (QED) is 0.775. The maximum absolute atomic E-state index is 12.3. The van der Waals surface area contributed by atoms with Gasteiger partial charge in [-0.15, -0.1) is 0 Å². The van der Waals surface area contributed by atoms with E-state index in [1.807, 2.05) is 29.2 Å². The van der Waals surface area contributed by atoms with Gasteiger partial charge in [0.2, 0.25) is 5.91 Å². The van der Waals surface area contributed by atoms with Crippen LogP contribution in [-0.4, -0.2) is 28.7 Å². The van der Waals surface area contributed by atoms with Gasteiger partial charge >= 0.3 is 0 Å². The van der Waals surface area contributed by atoms with Crippen molar-refractivity contribution in [2.24, 2.45) is 0 Å². The molecule has 0 aromatic heterocycles. The maximum atomic E-state index is 12.3. The summed E-state index contributed by atoms with van der Waals surface area (Å²) in [5, 5.41) is 1.54. The molecule has 0 spiro atoms. The lowest BCUT2D eigenvalue weighted by atomic mass is 10.0. The molecule has 1 aromatic rings. The number of hydrogen-bond acceptors (Lipinski definition) is 1. The summed E-state index contributed by atoms with van der Waals surface area (Å²) < 4.78 is 0. The van der Waals surface area contributed by atoms with Crippen molar-refractivity contribution in [1.29, 1.82) is 0 Å². The molecule has 4 heteroatoms. The van der Waals surface area contributed by atoms with Crippen LogP contribution in [0.15, 0.2) is 24.3 Å². The van der Waals surface area contributed by atoms with Gasteiger partial charge in [0.05, 0.1) is 6.42 Å². The number of rotatable bonds is 3. The number of carbonyl (C=O) groups excluding carboxylic acids is 1. The molecule has 0 saturated carbocycles. The third-order valence-electron chi connectivity index (χ3n) is 3.43. The van der Waals surface area contributed by atoms with Crippen LogP contribution in [0, 0.1) is 0 Å². The van der Waals surface area contributed by atoms with Gasteiger partial charge in [-0.2, -0.15) is 0 Å². The Kier molecular flexibility index (Phi) is 5.07. The average Bonchev–Trinajstić information content (AvgIpc) is 2.41. The molecule has 18 heavy (non-hydrogen) atoms. The Labute approximate surface area is 121 Å². The molecule has 1 amide bonds. The maximum Gasteiger partial charge on any atom is 0.227 e. The number of amides is 1. The van der Waals surface area contributed by atoms with Crippen LogP contribution < -0.4 is 0 Å². The molecule has 1 atom stereocenters. The lowest BCUT2D eigenvalue weighted by Crippen LogP contribution is -2.45. The van der Waals surface area contributed by atoms with Crippen molar-refractivity contribution in [3.63, 3.8) is 0 Å². The molecule has 1 aliphatic rings. The van der Waals surface area contributed by atoms with Gasteiger partial charge < -0.3 is 4.90 Å². The van der Waals surface area contributed by atoms with Gasteiger partial charge in [0.1, 0.15) is 0 Å². The Morgan fingerprint density at radius 2 is 2.17 bits per heavy atom. The van der Waals surface area contributed by atoms with E-state index < -0.39 is 0 Å². The van der Waals surface area contributed by atoms with Crippen molar-refractivity contribution in [3.05, 3.63) is 34.9 Å². The fourth-order valence-electron chi connectivity index (χ4n) is 2.40. The molecular formula is C14H17BrClNO. The smallest absolute Gasteiger partial charge is 0.227 e. The molecule has 0 radical (unpaired) electrons. The Balaban J connectivity index is 2.05. The van der Waals surface area contributed by atoms with Crippen LogP contribution in [0.25, 0.3) is 0 Å². The highest BCUT2D eigenvalue weighted by Crippen LogP contribution is 2.21. The molecule has 1 unspecified atom stereocenters. The van der Waals surface area contributed by atoms with E-state index in [1.54, 1.807) is 0 Å². The summed E-state index contributed by atoms with van der Waals surface area (Å²) in [6.45, 7) is 0.875. The molecule has 98 valence electrons. The Morgan fingerprint density at radius 1 is 1.39 bits per heavy atom. The molecule has 1 saturated heterocycles. The molecule has 2 nitrogen and oxygen atoms in total. The largest absolute Gasteiger partial charge is 0.339 e. The number of benzene rings is 1. The summed E-state index contributed by atoms with van der Waals surface area (Å²) in [7, 11) is 0. The van der Waals surface area contributed by atoms with Crippen molar-refractivity contribution in [1.82, 2.24) is 4.90 Å². The second kappa shape index (κ2) is 6.58. The average molecular weight is 331 g/mol. The number of halogens is 2. The van der Waals surface area contributed by atoms with Crippen LogP contribution in [0.2, 0.25) is 5.02 Å². The van der Waals surface area contributed by atoms with Gasteiger partial charge in [0.25, 0.3) is 0 Å². The number of nitrogens with zero attached hydrogens (tertiary/aromatic N) is 1. The lowest BCUT2D eigenvalue weighted by Gasteiger charge is -2.35. The second-order valence-electron chi connectivity index (χ2n) is 4.66. The van der Waals surface area contributed by atoms with E-state index in [9.17, 15) is 4.79 Å². The molecular weight excluding hydrogens is 314 g/mol. The Hall–Kier alpha value is -0.540. The lowest BCUT2D eigenvalue weighted by molar-refractivity contribution is -0.133. The van der Waals surface area contributed by atoms with E-state index in [2.05, 4.69) is 15.9 Å². The summed E-state index contributed by atoms with van der Waals surface area (Å²) in [4.78, 5) is 14.3. The van der Waals surface area contributed by atoms with Crippen LogP contribution in [0.3, 0.4) is 0 Å². The van der Waals surface area contributed by atoms with Crippen LogP contribution in [-0.2, 0) is 11.2 Å². The van der Waals surface area contributed by atoms with Gasteiger partial charge in [-0.1, -0.05) is 45.7 Å². The van der Waals surface area contributed by atoms with E-state index >= 15 is 0 Å². The first-order valence-electron chi connectivity index (χ1n) is 6.31. The summed E-state index contributed by atoms with van der Waals surface area (Å²) in [6.07, 6.45) is 3.83. The number of likely N-dealkylation sites (tertiary alicyclic amines) is 1. The normalized spacial score (nSPS) is 19.9. The summed E-state index contributed by atoms with van der Waals surface area (Å²) in [6, 6.07) is 7.91. The minimum Gasteiger partial charge on any atom is -0.339 e. The number of hydrogen-bond donors (Lipinski definition) is 0. The minimum absolute atomic E-state index is 0.187. The van der Waals surface area contributed by atoms with Gasteiger partial charge in [-0.05, 0) is 30.9 Å². The van der Waals surface area contributed by atoms with Gasteiger partial charge in [-0.25, -0.2) is 0 Å². The van der Waals surface area contributed by atoms with Gasteiger partial charge in [0, 0.05) is 22.9 Å². The molecule has 0 N–H and O–H groups in total. The molecule has 2 rings (SSSR count). The molecule has 0 bridgehead atoms. The third-order valence-corrected chi connectivity index (χ3v) is 4.54. The van der Waals surface area contributed by atoms with E-state index in [0.29, 0.717) is 17.5 Å².